The second kappa shape index (κ2) is 8.95. The van der Waals surface area contributed by atoms with E-state index in [1.807, 2.05) is 12.3 Å². The van der Waals surface area contributed by atoms with Gasteiger partial charge in [0.15, 0.2) is 0 Å². The zero-order valence-electron chi connectivity index (χ0n) is 22.7. The first-order valence-corrected chi connectivity index (χ1v) is 14.3. The minimum atomic E-state index is 0.828. The van der Waals surface area contributed by atoms with Crippen LogP contribution in [-0.2, 0) is 0 Å². The number of rotatable bonds is 3. The van der Waals surface area contributed by atoms with Crippen LogP contribution in [0.1, 0.15) is 0 Å². The Labute approximate surface area is 242 Å². The van der Waals surface area contributed by atoms with E-state index in [0.717, 1.165) is 44.0 Å². The van der Waals surface area contributed by atoms with E-state index in [0.29, 0.717) is 0 Å². The van der Waals surface area contributed by atoms with E-state index < -0.39 is 0 Å². The molecule has 9 rings (SSSR count). The number of benzene rings is 7. The van der Waals surface area contributed by atoms with E-state index in [2.05, 4.69) is 133 Å². The summed E-state index contributed by atoms with van der Waals surface area (Å²) in [4.78, 5) is 0. The van der Waals surface area contributed by atoms with Crippen molar-refractivity contribution >= 4 is 54.5 Å². The summed E-state index contributed by atoms with van der Waals surface area (Å²) in [6.45, 7) is 0. The maximum atomic E-state index is 6.57. The largest absolute Gasteiger partial charge is 0.464 e. The van der Waals surface area contributed by atoms with Gasteiger partial charge in [0.2, 0.25) is 0 Å². The lowest BCUT2D eigenvalue weighted by Crippen LogP contribution is -1.90. The van der Waals surface area contributed by atoms with E-state index in [4.69, 9.17) is 8.83 Å². The van der Waals surface area contributed by atoms with Gasteiger partial charge in [0.05, 0.1) is 11.6 Å². The Kier molecular flexibility index (Phi) is 4.93. The van der Waals surface area contributed by atoms with Gasteiger partial charge in [-0.25, -0.2) is 0 Å². The second-order valence-corrected chi connectivity index (χ2v) is 10.9. The number of hydrogen-bond donors (Lipinski definition) is 0. The molecule has 2 nitrogen and oxygen atoms in total. The molecule has 0 spiro atoms. The first-order valence-electron chi connectivity index (χ1n) is 14.3. The number of fused-ring (bicyclic) bond motifs is 7. The normalized spacial score (nSPS) is 11.8. The van der Waals surface area contributed by atoms with Crippen LogP contribution in [0.25, 0.3) is 87.8 Å². The molecular formula is C40H24O2. The van der Waals surface area contributed by atoms with Gasteiger partial charge < -0.3 is 8.83 Å². The van der Waals surface area contributed by atoms with Crippen LogP contribution in [0.5, 0.6) is 0 Å². The molecule has 196 valence electrons. The fraction of sp³-hybridized carbons (Fsp3) is 0. The van der Waals surface area contributed by atoms with Crippen molar-refractivity contribution in [3.63, 3.8) is 0 Å². The minimum Gasteiger partial charge on any atom is -0.464 e. The van der Waals surface area contributed by atoms with Crippen molar-refractivity contribution in [2.24, 2.45) is 0 Å². The van der Waals surface area contributed by atoms with Crippen molar-refractivity contribution in [3.8, 4) is 33.4 Å². The summed E-state index contributed by atoms with van der Waals surface area (Å²) in [5.74, 6) is 0. The van der Waals surface area contributed by atoms with Crippen molar-refractivity contribution in [1.82, 2.24) is 0 Å². The Morgan fingerprint density at radius 1 is 0.381 bits per heavy atom. The van der Waals surface area contributed by atoms with E-state index in [1.54, 1.807) is 0 Å². The Bertz CT molecular complexity index is 2390. The van der Waals surface area contributed by atoms with Crippen LogP contribution in [0.2, 0.25) is 0 Å². The lowest BCUT2D eigenvalue weighted by molar-refractivity contribution is 0.616. The molecule has 0 aliphatic heterocycles. The molecule has 0 radical (unpaired) electrons. The van der Waals surface area contributed by atoms with Crippen LogP contribution in [0.15, 0.2) is 155 Å². The standard InChI is InChI=1S/C40H24O2/c1-3-11-25(12-4-1)34-24-41-36-22-20-32-33-23-27(19-21-35(33)42-40(32)39(34)36)38-30-17-9-7-15-28(30)37(26-13-5-2-6-14-26)29-16-8-10-18-31(29)38/h1-24H. The smallest absolute Gasteiger partial charge is 0.147 e. The van der Waals surface area contributed by atoms with E-state index in [1.165, 1.54) is 43.8 Å². The average Bonchev–Trinajstić information content (AvgIpc) is 3.66. The fourth-order valence-corrected chi connectivity index (χ4v) is 6.70. The number of furan rings is 2. The van der Waals surface area contributed by atoms with Crippen LogP contribution in [0, 0.1) is 0 Å². The van der Waals surface area contributed by atoms with Crippen LogP contribution < -0.4 is 0 Å². The average molecular weight is 537 g/mol. The lowest BCUT2D eigenvalue weighted by atomic mass is 9.86. The predicted molar refractivity (Wildman–Crippen MR) is 175 cm³/mol. The Hall–Kier alpha value is -5.60. The SMILES string of the molecule is c1ccc(-c2c3ccccc3c(-c3ccc4oc5c(ccc6occ(-c7ccccc7)c65)c4c3)c3ccccc23)cc1. The van der Waals surface area contributed by atoms with Gasteiger partial charge >= 0.3 is 0 Å². The van der Waals surface area contributed by atoms with E-state index >= 15 is 0 Å². The Morgan fingerprint density at radius 2 is 0.929 bits per heavy atom. The third-order valence-corrected chi connectivity index (χ3v) is 8.54. The molecule has 2 aromatic heterocycles. The summed E-state index contributed by atoms with van der Waals surface area (Å²) in [6.07, 6.45) is 1.84. The van der Waals surface area contributed by atoms with Gasteiger partial charge in [-0.3, -0.25) is 0 Å². The molecule has 0 unspecified atom stereocenters. The highest BCUT2D eigenvalue weighted by molar-refractivity contribution is 6.23. The molecule has 2 heteroatoms. The molecular weight excluding hydrogens is 512 g/mol. The highest BCUT2D eigenvalue weighted by Gasteiger charge is 2.20. The van der Waals surface area contributed by atoms with Crippen molar-refractivity contribution < 1.29 is 8.83 Å². The van der Waals surface area contributed by atoms with Gasteiger partial charge in [0.25, 0.3) is 0 Å². The third-order valence-electron chi connectivity index (χ3n) is 8.54. The van der Waals surface area contributed by atoms with Gasteiger partial charge in [-0.15, -0.1) is 0 Å². The van der Waals surface area contributed by atoms with Gasteiger partial charge in [0, 0.05) is 16.3 Å². The molecule has 9 aromatic rings. The van der Waals surface area contributed by atoms with Crippen LogP contribution in [-0.4, -0.2) is 0 Å². The molecule has 2 heterocycles. The summed E-state index contributed by atoms with van der Waals surface area (Å²) < 4.78 is 12.6. The first kappa shape index (κ1) is 23.1. The quantitative estimate of drug-likeness (QED) is 0.210. The van der Waals surface area contributed by atoms with Crippen molar-refractivity contribution in [3.05, 3.63) is 146 Å². The molecule has 0 fully saturated rings. The first-order chi connectivity index (χ1) is 20.8. The summed E-state index contributed by atoms with van der Waals surface area (Å²) in [6, 6.07) is 49.4. The summed E-state index contributed by atoms with van der Waals surface area (Å²) in [5, 5.41) is 8.19. The number of hydrogen-bond acceptors (Lipinski definition) is 2. The van der Waals surface area contributed by atoms with E-state index in [9.17, 15) is 0 Å². The Balaban J connectivity index is 1.34. The minimum absolute atomic E-state index is 0.828. The maximum Gasteiger partial charge on any atom is 0.147 e. The van der Waals surface area contributed by atoms with Crippen molar-refractivity contribution in [2.75, 3.05) is 0 Å². The van der Waals surface area contributed by atoms with Crippen LogP contribution in [0.3, 0.4) is 0 Å². The molecule has 0 bridgehead atoms. The van der Waals surface area contributed by atoms with Crippen LogP contribution in [0.4, 0.5) is 0 Å². The van der Waals surface area contributed by atoms with Crippen molar-refractivity contribution in [2.45, 2.75) is 0 Å². The zero-order chi connectivity index (χ0) is 27.6. The second-order valence-electron chi connectivity index (χ2n) is 10.9. The predicted octanol–water partition coefficient (Wildman–Crippen LogP) is 11.6. The highest BCUT2D eigenvalue weighted by atomic mass is 16.3. The molecule has 7 aromatic carbocycles. The maximum absolute atomic E-state index is 6.57. The topological polar surface area (TPSA) is 26.3 Å². The van der Waals surface area contributed by atoms with Crippen molar-refractivity contribution in [1.29, 1.82) is 0 Å². The molecule has 0 atom stereocenters. The molecule has 0 saturated heterocycles. The third kappa shape index (κ3) is 3.33. The molecule has 0 N–H and O–H groups in total. The Morgan fingerprint density at radius 3 is 1.57 bits per heavy atom. The van der Waals surface area contributed by atoms with E-state index in [-0.39, 0.29) is 0 Å². The van der Waals surface area contributed by atoms with Crippen LogP contribution >= 0.6 is 0 Å². The highest BCUT2D eigenvalue weighted by Crippen LogP contribution is 2.45. The summed E-state index contributed by atoms with van der Waals surface area (Å²) >= 11 is 0. The monoisotopic (exact) mass is 536 g/mol. The molecule has 0 aliphatic carbocycles. The van der Waals surface area contributed by atoms with Gasteiger partial charge in [0.1, 0.15) is 16.7 Å². The van der Waals surface area contributed by atoms with Gasteiger partial charge in [-0.1, -0.05) is 115 Å². The molecule has 0 saturated carbocycles. The molecule has 42 heavy (non-hydrogen) atoms. The van der Waals surface area contributed by atoms with Gasteiger partial charge in [-0.2, -0.15) is 0 Å². The lowest BCUT2D eigenvalue weighted by Gasteiger charge is -2.17. The molecule has 0 amide bonds. The fourth-order valence-electron chi connectivity index (χ4n) is 6.70. The summed E-state index contributed by atoms with van der Waals surface area (Å²) in [5.41, 5.74) is 9.64. The zero-order valence-corrected chi connectivity index (χ0v) is 22.7. The molecule has 0 aliphatic rings. The summed E-state index contributed by atoms with van der Waals surface area (Å²) in [7, 11) is 0. The van der Waals surface area contributed by atoms with Gasteiger partial charge in [-0.05, 0) is 73.6 Å².